The van der Waals surface area contributed by atoms with Gasteiger partial charge in [-0.2, -0.15) is 4.57 Å². The van der Waals surface area contributed by atoms with Crippen molar-refractivity contribution in [1.82, 2.24) is 25.2 Å². The largest absolute Gasteiger partial charge is 0.478 e. The molecule has 0 aromatic carbocycles. The highest BCUT2D eigenvalue weighted by molar-refractivity contribution is 8.00. The molecule has 1 saturated heterocycles. The number of anilines is 1. The summed E-state index contributed by atoms with van der Waals surface area (Å²) < 4.78 is 8.45. The number of β-lactam (4-membered cyclic amide) rings is 1. The van der Waals surface area contributed by atoms with Crippen molar-refractivity contribution in [3.63, 3.8) is 0 Å². The van der Waals surface area contributed by atoms with Crippen molar-refractivity contribution in [3.8, 4) is 0 Å². The average Bonchev–Trinajstić information content (AvgIpc) is 3.61. The lowest BCUT2D eigenvalue weighted by Crippen LogP contribution is -2.71. The molecular formula is C26H26ClN8O10S2+. The van der Waals surface area contributed by atoms with Gasteiger partial charge in [-0.15, -0.1) is 11.8 Å². The Morgan fingerprint density at radius 3 is 2.72 bits per heavy atom. The number of pyridine rings is 1. The number of aromatic nitrogens is 3. The van der Waals surface area contributed by atoms with Gasteiger partial charge in [-0.25, -0.2) is 24.8 Å². The summed E-state index contributed by atoms with van der Waals surface area (Å²) in [6.45, 7) is 1.59. The van der Waals surface area contributed by atoms with Crippen LogP contribution in [0.5, 0.6) is 0 Å². The average molecular weight is 710 g/mol. The summed E-state index contributed by atoms with van der Waals surface area (Å²) in [4.78, 5) is 71.5. The maximum atomic E-state index is 13.3. The number of carbonyl (C=O) groups is 5. The fourth-order valence-corrected chi connectivity index (χ4v) is 7.13. The molecule has 3 atom stereocenters. The number of hydroxylamine groups is 1. The molecule has 5 rings (SSSR count). The van der Waals surface area contributed by atoms with Crippen molar-refractivity contribution >= 4 is 86.4 Å². The first-order chi connectivity index (χ1) is 22.4. The molecule has 3 amide bonds. The van der Waals surface area contributed by atoms with Crippen LogP contribution >= 0.6 is 34.7 Å². The second-order valence-corrected chi connectivity index (χ2v) is 12.7. The number of carboxylic acid groups (broad SMARTS) is 2. The summed E-state index contributed by atoms with van der Waals surface area (Å²) in [6, 6.07) is 4.26. The highest BCUT2D eigenvalue weighted by atomic mass is 35.5. The predicted octanol–water partition coefficient (Wildman–Crippen LogP) is 0.369. The van der Waals surface area contributed by atoms with Crippen molar-refractivity contribution < 1.29 is 53.5 Å². The van der Waals surface area contributed by atoms with Crippen LogP contribution in [-0.2, 0) is 41.8 Å². The number of carbonyl (C=O) groups excluding carboxylic acids is 3. The number of halogens is 1. The molecule has 2 aliphatic heterocycles. The maximum Gasteiger partial charge on any atom is 0.431 e. The number of nitrogen functional groups attached to an aromatic ring is 1. The van der Waals surface area contributed by atoms with Crippen LogP contribution in [0.15, 0.2) is 47.0 Å². The van der Waals surface area contributed by atoms with Crippen LogP contribution in [-0.4, -0.2) is 95.3 Å². The molecule has 7 N–H and O–H groups in total. The molecule has 0 spiro atoms. The van der Waals surface area contributed by atoms with Crippen molar-refractivity contribution in [2.75, 3.05) is 18.1 Å². The van der Waals surface area contributed by atoms with Gasteiger partial charge in [-0.3, -0.25) is 19.7 Å². The van der Waals surface area contributed by atoms with Crippen molar-refractivity contribution in [3.05, 3.63) is 51.9 Å². The summed E-state index contributed by atoms with van der Waals surface area (Å²) in [5.74, 6) is -4.11. The Hall–Kier alpha value is -4.92. The number of carboxylic acids is 2. The standard InChI is InChI=1S/C26H25ClN8O10S2/c1-11(23(38)39)45-32-16(15-19(27)47-25(28)30-15)20(36)29-17-21(37)35-18(24(40)41)12(10-46-22(17)35)9-34-5-2-3-13-14(34)4-6-33(13)7-8-44-26(42)31-43/h2-6,11,17,22H,7-10H2,1H3,(H6-,28,29,30,31,32,36,38,39,40,41,42,43)/p+1/t11-,17+,22+/m0/s1. The van der Waals surface area contributed by atoms with Crippen LogP contribution in [0.1, 0.15) is 12.6 Å². The van der Waals surface area contributed by atoms with E-state index in [0.29, 0.717) is 5.57 Å². The highest BCUT2D eigenvalue weighted by Gasteiger charge is 2.55. The predicted molar refractivity (Wildman–Crippen MR) is 164 cm³/mol. The zero-order valence-electron chi connectivity index (χ0n) is 24.2. The van der Waals surface area contributed by atoms with Gasteiger partial charge in [0, 0.05) is 29.7 Å². The van der Waals surface area contributed by atoms with E-state index >= 15 is 0 Å². The third kappa shape index (κ3) is 6.80. The Morgan fingerprint density at radius 1 is 1.30 bits per heavy atom. The van der Waals surface area contributed by atoms with Crippen molar-refractivity contribution in [1.29, 1.82) is 0 Å². The molecule has 1 fully saturated rings. The molecule has 0 saturated carbocycles. The molecule has 0 aliphatic carbocycles. The van der Waals surface area contributed by atoms with Gasteiger partial charge in [0.2, 0.25) is 11.6 Å². The molecular weight excluding hydrogens is 684 g/mol. The quantitative estimate of drug-likeness (QED) is 0.0489. The summed E-state index contributed by atoms with van der Waals surface area (Å²) in [5.41, 5.74) is 8.14. The second kappa shape index (κ2) is 13.8. The molecule has 0 radical (unpaired) electrons. The molecule has 3 aromatic heterocycles. The molecule has 3 aromatic rings. The van der Waals surface area contributed by atoms with Gasteiger partial charge in [0.15, 0.2) is 23.6 Å². The number of fused-ring (bicyclic) bond motifs is 2. The van der Waals surface area contributed by atoms with Gasteiger partial charge >= 0.3 is 18.0 Å². The van der Waals surface area contributed by atoms with Gasteiger partial charge in [0.25, 0.3) is 11.8 Å². The van der Waals surface area contributed by atoms with Gasteiger partial charge < -0.3 is 35.4 Å². The lowest BCUT2D eigenvalue weighted by Gasteiger charge is -2.49. The van der Waals surface area contributed by atoms with Crippen LogP contribution in [0, 0.1) is 0 Å². The van der Waals surface area contributed by atoms with Crippen LogP contribution < -0.4 is 21.1 Å². The van der Waals surface area contributed by atoms with Crippen molar-refractivity contribution in [2.24, 2.45) is 5.16 Å². The summed E-state index contributed by atoms with van der Waals surface area (Å²) in [7, 11) is 0. The van der Waals surface area contributed by atoms with Gasteiger partial charge in [-0.05, 0) is 13.0 Å². The zero-order chi connectivity index (χ0) is 34.0. The number of nitrogens with one attached hydrogen (secondary N) is 2. The van der Waals surface area contributed by atoms with E-state index in [4.69, 9.17) is 37.2 Å². The van der Waals surface area contributed by atoms with E-state index in [0.717, 1.165) is 27.3 Å². The van der Waals surface area contributed by atoms with E-state index in [9.17, 15) is 29.1 Å². The Bertz CT molecular complexity index is 1840. The van der Waals surface area contributed by atoms with Gasteiger partial charge in [0.1, 0.15) is 39.3 Å². The molecule has 2 aliphatic rings. The summed E-state index contributed by atoms with van der Waals surface area (Å²) in [5, 5.41) is 33.3. The van der Waals surface area contributed by atoms with E-state index < -0.39 is 53.1 Å². The maximum absolute atomic E-state index is 13.3. The minimum absolute atomic E-state index is 0.000476. The third-order valence-corrected chi connectivity index (χ3v) is 9.48. The number of hydrogen-bond acceptors (Lipinski definition) is 13. The first kappa shape index (κ1) is 33.4. The molecule has 47 heavy (non-hydrogen) atoms. The van der Waals surface area contributed by atoms with E-state index in [1.807, 2.05) is 21.3 Å². The van der Waals surface area contributed by atoms with Crippen molar-refractivity contribution in [2.45, 2.75) is 37.5 Å². The smallest absolute Gasteiger partial charge is 0.431 e. The van der Waals surface area contributed by atoms with E-state index in [1.54, 1.807) is 18.5 Å². The molecule has 5 heterocycles. The first-order valence-corrected chi connectivity index (χ1v) is 15.8. The van der Waals surface area contributed by atoms with E-state index in [-0.39, 0.29) is 46.3 Å². The van der Waals surface area contributed by atoms with Crippen LogP contribution in [0.25, 0.3) is 11.0 Å². The second-order valence-electron chi connectivity index (χ2n) is 9.98. The summed E-state index contributed by atoms with van der Waals surface area (Å²) >= 11 is 8.25. The summed E-state index contributed by atoms with van der Waals surface area (Å²) in [6.07, 6.45) is 1.11. The highest BCUT2D eigenvalue weighted by Crippen LogP contribution is 2.40. The third-order valence-electron chi connectivity index (χ3n) is 7.06. The number of nitrogens with two attached hydrogens (primary N) is 1. The van der Waals surface area contributed by atoms with Crippen LogP contribution in [0.4, 0.5) is 9.93 Å². The number of oxime groups is 1. The number of hydrogen-bond donors (Lipinski definition) is 6. The minimum Gasteiger partial charge on any atom is -0.478 e. The molecule has 18 nitrogen and oxygen atoms in total. The first-order valence-electron chi connectivity index (χ1n) is 13.5. The number of amides is 3. The minimum atomic E-state index is -1.43. The zero-order valence-corrected chi connectivity index (χ0v) is 26.5. The number of thiazole rings is 1. The van der Waals surface area contributed by atoms with Crippen LogP contribution in [0.2, 0.25) is 4.34 Å². The topological polar surface area (TPSA) is 252 Å². The Labute approximate surface area is 277 Å². The molecule has 248 valence electrons. The number of aliphatic carboxylic acids is 2. The van der Waals surface area contributed by atoms with Gasteiger partial charge in [-0.1, -0.05) is 28.1 Å². The fourth-order valence-electron chi connectivity index (χ4n) is 4.87. The number of thioether (sulfide) groups is 1. The monoisotopic (exact) mass is 709 g/mol. The Morgan fingerprint density at radius 2 is 2.06 bits per heavy atom. The molecule has 21 heteroatoms. The Balaban J connectivity index is 1.35. The number of nitrogens with zero attached hydrogens (tertiary/aromatic N) is 5. The fraction of sp³-hybridized carbons (Fsp3) is 0.308. The Kier molecular flexibility index (Phi) is 9.84. The SMILES string of the molecule is C[C@H](O/N=C(\C(=O)N[C@@H]1C(=O)N2C(C(=O)O)=C(C[n+]3cccc4c3ccn4CCOC(=O)NO)CS[C@H]12)c1nc(N)sc1Cl)C(=O)O. The lowest BCUT2D eigenvalue weighted by molar-refractivity contribution is -0.663. The lowest BCUT2D eigenvalue weighted by atomic mass is 10.0. The van der Waals surface area contributed by atoms with E-state index in [2.05, 4.69) is 15.5 Å². The normalized spacial score (nSPS) is 18.3. The van der Waals surface area contributed by atoms with Crippen LogP contribution in [0.3, 0.4) is 0 Å². The van der Waals surface area contributed by atoms with E-state index in [1.165, 1.54) is 24.2 Å². The number of ether oxygens (including phenoxy) is 1. The van der Waals surface area contributed by atoms with Gasteiger partial charge in [0.05, 0.1) is 6.54 Å². The molecule has 0 bridgehead atoms. The molecule has 0 unspecified atom stereocenters. The number of rotatable bonds is 12.